The number of esters is 1. The van der Waals surface area contributed by atoms with E-state index >= 15 is 0 Å². The third-order valence-electron chi connectivity index (χ3n) is 3.75. The fourth-order valence-corrected chi connectivity index (χ4v) is 3.98. The minimum absolute atomic E-state index is 0.183. The number of benzene rings is 2. The number of nitrogens with one attached hydrogen (secondary N) is 2. The van der Waals surface area contributed by atoms with Crippen LogP contribution >= 0.6 is 23.1 Å². The maximum absolute atomic E-state index is 12.2. The highest BCUT2D eigenvalue weighted by Gasteiger charge is 2.11. The lowest BCUT2D eigenvalue weighted by atomic mass is 10.2. The quantitative estimate of drug-likeness (QED) is 0.374. The molecule has 0 spiro atoms. The van der Waals surface area contributed by atoms with E-state index in [2.05, 4.69) is 25.6 Å². The van der Waals surface area contributed by atoms with E-state index in [4.69, 9.17) is 4.74 Å². The summed E-state index contributed by atoms with van der Waals surface area (Å²) in [6.07, 6.45) is 0. The number of ether oxygens (including phenoxy) is 2. The maximum Gasteiger partial charge on any atom is 0.337 e. The lowest BCUT2D eigenvalue weighted by molar-refractivity contribution is -0.113. The van der Waals surface area contributed by atoms with Crippen LogP contribution < -0.4 is 15.4 Å². The number of nitrogens with zero attached hydrogens (tertiary/aromatic N) is 2. The zero-order chi connectivity index (χ0) is 21.3. The van der Waals surface area contributed by atoms with Crippen LogP contribution in [0.25, 0.3) is 0 Å². The van der Waals surface area contributed by atoms with Crippen molar-refractivity contribution in [2.24, 2.45) is 0 Å². The van der Waals surface area contributed by atoms with Crippen LogP contribution in [0.1, 0.15) is 17.3 Å². The molecule has 0 saturated heterocycles. The fraction of sp³-hybridized carbons (Fsp3) is 0.200. The van der Waals surface area contributed by atoms with Crippen LogP contribution in [0.2, 0.25) is 0 Å². The van der Waals surface area contributed by atoms with Gasteiger partial charge in [-0.15, -0.1) is 10.2 Å². The van der Waals surface area contributed by atoms with Crippen molar-refractivity contribution < 1.29 is 19.1 Å². The van der Waals surface area contributed by atoms with Gasteiger partial charge in [-0.1, -0.05) is 35.2 Å². The molecule has 8 nitrogen and oxygen atoms in total. The van der Waals surface area contributed by atoms with Crippen molar-refractivity contribution in [3.05, 3.63) is 54.1 Å². The molecule has 156 valence electrons. The van der Waals surface area contributed by atoms with E-state index in [0.717, 1.165) is 11.4 Å². The lowest BCUT2D eigenvalue weighted by Gasteiger charge is -2.09. The van der Waals surface area contributed by atoms with E-state index in [-0.39, 0.29) is 11.7 Å². The molecule has 0 aliphatic heterocycles. The van der Waals surface area contributed by atoms with Gasteiger partial charge < -0.3 is 20.1 Å². The first-order valence-corrected chi connectivity index (χ1v) is 10.8. The molecule has 0 bridgehead atoms. The van der Waals surface area contributed by atoms with E-state index in [1.54, 1.807) is 24.3 Å². The van der Waals surface area contributed by atoms with E-state index in [9.17, 15) is 9.59 Å². The molecule has 0 radical (unpaired) electrons. The number of thioether (sulfide) groups is 1. The predicted octanol–water partition coefficient (Wildman–Crippen LogP) is 4.20. The molecule has 3 rings (SSSR count). The van der Waals surface area contributed by atoms with Gasteiger partial charge in [0, 0.05) is 5.69 Å². The summed E-state index contributed by atoms with van der Waals surface area (Å²) in [5, 5.41) is 14.8. The van der Waals surface area contributed by atoms with Gasteiger partial charge in [0.05, 0.1) is 30.7 Å². The number of anilines is 3. The maximum atomic E-state index is 12.2. The van der Waals surface area contributed by atoms with Crippen LogP contribution in [0.4, 0.5) is 16.5 Å². The Morgan fingerprint density at radius 2 is 1.87 bits per heavy atom. The molecule has 0 aliphatic carbocycles. The minimum Gasteiger partial charge on any atom is -0.492 e. The van der Waals surface area contributed by atoms with Crippen molar-refractivity contribution >= 4 is 51.5 Å². The average Bonchev–Trinajstić information content (AvgIpc) is 3.21. The number of aromatic nitrogens is 2. The Morgan fingerprint density at radius 1 is 1.10 bits per heavy atom. The standard InChI is InChI=1S/C20H20N4O4S2/c1-3-28-16-7-5-4-6-15(16)22-19-23-24-20(30-19)29-12-17(25)21-14-10-8-13(9-11-14)18(26)27-2/h4-11H,3,12H2,1-2H3,(H,21,25)(H,22,23). The van der Waals surface area contributed by atoms with Crippen LogP contribution in [0.3, 0.4) is 0 Å². The molecule has 3 aromatic rings. The van der Waals surface area contributed by atoms with Crippen LogP contribution in [0, 0.1) is 0 Å². The van der Waals surface area contributed by atoms with Crippen molar-refractivity contribution in [1.82, 2.24) is 10.2 Å². The van der Waals surface area contributed by atoms with Gasteiger partial charge in [0.1, 0.15) is 5.75 Å². The van der Waals surface area contributed by atoms with Gasteiger partial charge in [-0.05, 0) is 43.3 Å². The Balaban J connectivity index is 1.51. The third kappa shape index (κ3) is 5.94. The Hall–Kier alpha value is -3.11. The molecule has 0 fully saturated rings. The number of carbonyl (C=O) groups excluding carboxylic acids is 2. The fourth-order valence-electron chi connectivity index (χ4n) is 2.42. The van der Waals surface area contributed by atoms with Crippen molar-refractivity contribution in [2.45, 2.75) is 11.3 Å². The van der Waals surface area contributed by atoms with Gasteiger partial charge in [0.15, 0.2) is 4.34 Å². The first-order chi connectivity index (χ1) is 14.6. The highest BCUT2D eigenvalue weighted by atomic mass is 32.2. The minimum atomic E-state index is -0.423. The SMILES string of the molecule is CCOc1ccccc1Nc1nnc(SCC(=O)Nc2ccc(C(=O)OC)cc2)s1. The lowest BCUT2D eigenvalue weighted by Crippen LogP contribution is -2.14. The molecule has 1 heterocycles. The molecular formula is C20H20N4O4S2. The average molecular weight is 445 g/mol. The number of rotatable bonds is 9. The Morgan fingerprint density at radius 3 is 2.60 bits per heavy atom. The summed E-state index contributed by atoms with van der Waals surface area (Å²) in [6.45, 7) is 2.49. The van der Waals surface area contributed by atoms with E-state index in [1.165, 1.54) is 30.2 Å². The van der Waals surface area contributed by atoms with Gasteiger partial charge >= 0.3 is 5.97 Å². The monoisotopic (exact) mass is 444 g/mol. The second-order valence-electron chi connectivity index (χ2n) is 5.83. The molecule has 2 N–H and O–H groups in total. The summed E-state index contributed by atoms with van der Waals surface area (Å²) in [5.74, 6) is 0.315. The third-order valence-corrected chi connectivity index (χ3v) is 5.72. The first kappa shape index (κ1) is 21.6. The van der Waals surface area contributed by atoms with E-state index < -0.39 is 5.97 Å². The second-order valence-corrected chi connectivity index (χ2v) is 8.03. The van der Waals surface area contributed by atoms with Crippen molar-refractivity contribution in [1.29, 1.82) is 0 Å². The van der Waals surface area contributed by atoms with Crippen LogP contribution in [-0.2, 0) is 9.53 Å². The summed E-state index contributed by atoms with van der Waals surface area (Å²) in [7, 11) is 1.32. The summed E-state index contributed by atoms with van der Waals surface area (Å²) >= 11 is 2.65. The van der Waals surface area contributed by atoms with Gasteiger partial charge in [-0.2, -0.15) is 0 Å². The summed E-state index contributed by atoms with van der Waals surface area (Å²) in [4.78, 5) is 23.6. The van der Waals surface area contributed by atoms with Gasteiger partial charge in [0.2, 0.25) is 11.0 Å². The molecule has 0 atom stereocenters. The highest BCUT2D eigenvalue weighted by Crippen LogP contribution is 2.31. The molecule has 0 aliphatic rings. The molecule has 2 aromatic carbocycles. The normalized spacial score (nSPS) is 10.3. The summed E-state index contributed by atoms with van der Waals surface area (Å²) in [6, 6.07) is 14.1. The van der Waals surface area contributed by atoms with Gasteiger partial charge in [-0.3, -0.25) is 4.79 Å². The summed E-state index contributed by atoms with van der Waals surface area (Å²) < 4.78 is 10.9. The highest BCUT2D eigenvalue weighted by molar-refractivity contribution is 8.01. The number of para-hydroxylation sites is 2. The number of amides is 1. The topological polar surface area (TPSA) is 102 Å². The zero-order valence-corrected chi connectivity index (χ0v) is 18.0. The van der Waals surface area contributed by atoms with Crippen molar-refractivity contribution in [3.8, 4) is 5.75 Å². The first-order valence-electron chi connectivity index (χ1n) is 9.02. The number of methoxy groups -OCH3 is 1. The molecule has 10 heteroatoms. The summed E-state index contributed by atoms with van der Waals surface area (Å²) in [5.41, 5.74) is 1.82. The van der Waals surface area contributed by atoms with Crippen LogP contribution in [0.15, 0.2) is 52.9 Å². The smallest absolute Gasteiger partial charge is 0.337 e. The molecular weight excluding hydrogens is 424 g/mol. The zero-order valence-electron chi connectivity index (χ0n) is 16.4. The van der Waals surface area contributed by atoms with Crippen molar-refractivity contribution in [3.63, 3.8) is 0 Å². The van der Waals surface area contributed by atoms with Crippen molar-refractivity contribution in [2.75, 3.05) is 30.1 Å². The number of hydrogen-bond donors (Lipinski definition) is 2. The van der Waals surface area contributed by atoms with E-state index in [0.29, 0.717) is 27.3 Å². The Labute approximate surface area is 182 Å². The molecule has 1 aromatic heterocycles. The van der Waals surface area contributed by atoms with Crippen LogP contribution in [-0.4, -0.2) is 41.5 Å². The Bertz CT molecular complexity index is 1010. The Kier molecular flexibility index (Phi) is 7.63. The second kappa shape index (κ2) is 10.6. The largest absolute Gasteiger partial charge is 0.492 e. The molecule has 0 saturated carbocycles. The number of carbonyl (C=O) groups is 2. The van der Waals surface area contributed by atoms with Gasteiger partial charge in [-0.25, -0.2) is 4.79 Å². The molecule has 1 amide bonds. The number of hydrogen-bond acceptors (Lipinski definition) is 9. The predicted molar refractivity (Wildman–Crippen MR) is 118 cm³/mol. The molecule has 30 heavy (non-hydrogen) atoms. The van der Waals surface area contributed by atoms with E-state index in [1.807, 2.05) is 31.2 Å². The van der Waals surface area contributed by atoms with Gasteiger partial charge in [0.25, 0.3) is 0 Å². The molecule has 0 unspecified atom stereocenters. The van der Waals surface area contributed by atoms with Crippen LogP contribution in [0.5, 0.6) is 5.75 Å².